The summed E-state index contributed by atoms with van der Waals surface area (Å²) in [4.78, 5) is 12.4. The van der Waals surface area contributed by atoms with Crippen molar-refractivity contribution in [3.8, 4) is 11.5 Å². The lowest BCUT2D eigenvalue weighted by molar-refractivity contribution is 0.0813. The molecule has 2 heterocycles. The van der Waals surface area contributed by atoms with E-state index in [2.05, 4.69) is 10.4 Å². The minimum absolute atomic E-state index is 0.0636. The number of benzene rings is 2. The number of ether oxygens (including phenoxy) is 2. The Morgan fingerprint density at radius 3 is 2.89 bits per heavy atom. The number of hydrogen-bond donors (Lipinski definition) is 1. The van der Waals surface area contributed by atoms with Gasteiger partial charge in [-0.25, -0.2) is 0 Å². The fourth-order valence-corrected chi connectivity index (χ4v) is 3.05. The number of hydrogen-bond acceptors (Lipinski definition) is 4. The fourth-order valence-electron chi connectivity index (χ4n) is 3.05. The van der Waals surface area contributed by atoms with Crippen molar-refractivity contribution in [3.63, 3.8) is 0 Å². The van der Waals surface area contributed by atoms with Gasteiger partial charge in [-0.2, -0.15) is 5.10 Å². The maximum Gasteiger partial charge on any atom is 0.251 e. The number of para-hydroxylation sites is 2. The van der Waals surface area contributed by atoms with Crippen LogP contribution in [0.1, 0.15) is 22.3 Å². The molecule has 1 amide bonds. The third kappa shape index (κ3) is 4.28. The number of amides is 1. The molecular weight excluding hydrogens is 342 g/mol. The van der Waals surface area contributed by atoms with Crippen LogP contribution in [0.4, 0.5) is 0 Å². The highest BCUT2D eigenvalue weighted by molar-refractivity contribution is 5.94. The number of nitrogens with zero attached hydrogens (tertiary/aromatic N) is 2. The highest BCUT2D eigenvalue weighted by Crippen LogP contribution is 2.31. The van der Waals surface area contributed by atoms with Gasteiger partial charge in [-0.05, 0) is 35.9 Å². The van der Waals surface area contributed by atoms with Crippen LogP contribution < -0.4 is 14.8 Å². The Hall–Kier alpha value is -3.28. The molecular formula is C21H21N3O3. The number of fused-ring (bicyclic) bond motifs is 1. The van der Waals surface area contributed by atoms with E-state index in [4.69, 9.17) is 9.47 Å². The number of nitrogens with one attached hydrogen (secondary N) is 1. The van der Waals surface area contributed by atoms with Gasteiger partial charge in [0.25, 0.3) is 5.91 Å². The molecule has 0 aliphatic carbocycles. The zero-order chi connectivity index (χ0) is 18.5. The second kappa shape index (κ2) is 7.95. The Labute approximate surface area is 157 Å². The van der Waals surface area contributed by atoms with Crippen LogP contribution in [0, 0.1) is 0 Å². The van der Waals surface area contributed by atoms with Crippen LogP contribution in [0.25, 0.3) is 0 Å². The van der Waals surface area contributed by atoms with Gasteiger partial charge in [0.15, 0.2) is 11.5 Å². The molecule has 3 aromatic rings. The molecule has 1 aliphatic rings. The smallest absolute Gasteiger partial charge is 0.251 e. The summed E-state index contributed by atoms with van der Waals surface area (Å²) in [5.74, 6) is 1.44. The van der Waals surface area contributed by atoms with Crippen LogP contribution in [0.3, 0.4) is 0 Å². The molecule has 1 N–H and O–H groups in total. The van der Waals surface area contributed by atoms with E-state index in [9.17, 15) is 4.79 Å². The molecule has 0 radical (unpaired) electrons. The summed E-state index contributed by atoms with van der Waals surface area (Å²) in [6.45, 7) is 1.66. The molecule has 2 aromatic carbocycles. The van der Waals surface area contributed by atoms with Gasteiger partial charge in [-0.1, -0.05) is 24.3 Å². The van der Waals surface area contributed by atoms with Crippen LogP contribution in [0.2, 0.25) is 0 Å². The van der Waals surface area contributed by atoms with Crippen LogP contribution in [-0.4, -0.2) is 34.9 Å². The van der Waals surface area contributed by atoms with Crippen molar-refractivity contribution in [2.24, 2.45) is 0 Å². The average Bonchev–Trinajstić information content (AvgIpc) is 3.21. The summed E-state index contributed by atoms with van der Waals surface area (Å²) >= 11 is 0. The topological polar surface area (TPSA) is 65.4 Å². The second-order valence-electron chi connectivity index (χ2n) is 6.45. The number of rotatable bonds is 6. The first-order chi connectivity index (χ1) is 13.3. The summed E-state index contributed by atoms with van der Waals surface area (Å²) in [6.07, 6.45) is 4.27. The van der Waals surface area contributed by atoms with E-state index < -0.39 is 0 Å². The number of carbonyl (C=O) groups is 1. The summed E-state index contributed by atoms with van der Waals surface area (Å²) < 4.78 is 13.4. The van der Waals surface area contributed by atoms with E-state index in [0.29, 0.717) is 31.7 Å². The van der Waals surface area contributed by atoms with E-state index in [0.717, 1.165) is 17.1 Å². The average molecular weight is 363 g/mol. The molecule has 138 valence electrons. The minimum Gasteiger partial charge on any atom is -0.486 e. The van der Waals surface area contributed by atoms with Crippen LogP contribution >= 0.6 is 0 Å². The highest BCUT2D eigenvalue weighted by atomic mass is 16.6. The SMILES string of the molecule is O=C(NCC[C@H]1COc2ccccc2O1)c1cccc(Cn2cccn2)c1. The lowest BCUT2D eigenvalue weighted by atomic mass is 10.1. The van der Waals surface area contributed by atoms with Crippen molar-refractivity contribution in [1.29, 1.82) is 0 Å². The zero-order valence-electron chi connectivity index (χ0n) is 14.9. The van der Waals surface area contributed by atoms with Gasteiger partial charge in [0.05, 0.1) is 6.54 Å². The number of aromatic nitrogens is 2. The second-order valence-corrected chi connectivity index (χ2v) is 6.45. The standard InChI is InChI=1S/C21H21N3O3/c25-21(17-6-3-5-16(13-17)14-24-12-4-10-23-24)22-11-9-18-15-26-19-7-1-2-8-20(19)27-18/h1-8,10,12-13,18H,9,11,14-15H2,(H,22,25)/t18-/m0/s1. The summed E-state index contributed by atoms with van der Waals surface area (Å²) in [7, 11) is 0. The molecule has 4 rings (SSSR count). The summed E-state index contributed by atoms with van der Waals surface area (Å²) in [6, 6.07) is 17.1. The van der Waals surface area contributed by atoms with E-state index in [1.807, 2.05) is 65.5 Å². The molecule has 0 spiro atoms. The molecule has 27 heavy (non-hydrogen) atoms. The molecule has 0 bridgehead atoms. The van der Waals surface area contributed by atoms with Crippen molar-refractivity contribution >= 4 is 5.91 Å². The molecule has 0 saturated heterocycles. The molecule has 1 atom stereocenters. The molecule has 0 saturated carbocycles. The monoisotopic (exact) mass is 363 g/mol. The minimum atomic E-state index is -0.0885. The Bertz CT molecular complexity index is 909. The van der Waals surface area contributed by atoms with Crippen molar-refractivity contribution in [2.45, 2.75) is 19.1 Å². The van der Waals surface area contributed by atoms with Crippen LogP contribution in [0.15, 0.2) is 67.0 Å². The predicted molar refractivity (Wildman–Crippen MR) is 101 cm³/mol. The molecule has 1 aliphatic heterocycles. The van der Waals surface area contributed by atoms with Crippen molar-refractivity contribution < 1.29 is 14.3 Å². The van der Waals surface area contributed by atoms with E-state index in [1.54, 1.807) is 6.20 Å². The lowest BCUT2D eigenvalue weighted by Gasteiger charge is -2.26. The molecule has 6 nitrogen and oxygen atoms in total. The Balaban J connectivity index is 1.28. The van der Waals surface area contributed by atoms with Crippen LogP contribution in [-0.2, 0) is 6.54 Å². The third-order valence-electron chi connectivity index (χ3n) is 4.41. The van der Waals surface area contributed by atoms with Gasteiger partial charge >= 0.3 is 0 Å². The molecule has 0 fully saturated rings. The van der Waals surface area contributed by atoms with Gasteiger partial charge in [0.2, 0.25) is 0 Å². The molecule has 0 unspecified atom stereocenters. The van der Waals surface area contributed by atoms with Crippen molar-refractivity contribution in [3.05, 3.63) is 78.1 Å². The molecule has 6 heteroatoms. The number of carbonyl (C=O) groups excluding carboxylic acids is 1. The Morgan fingerprint density at radius 1 is 1.15 bits per heavy atom. The lowest BCUT2D eigenvalue weighted by Crippen LogP contribution is -2.34. The third-order valence-corrected chi connectivity index (χ3v) is 4.41. The van der Waals surface area contributed by atoms with Gasteiger partial charge in [-0.3, -0.25) is 9.48 Å². The van der Waals surface area contributed by atoms with E-state index in [1.165, 1.54) is 0 Å². The van der Waals surface area contributed by atoms with E-state index >= 15 is 0 Å². The highest BCUT2D eigenvalue weighted by Gasteiger charge is 2.20. The van der Waals surface area contributed by atoms with Gasteiger partial charge < -0.3 is 14.8 Å². The maximum absolute atomic E-state index is 12.4. The largest absolute Gasteiger partial charge is 0.486 e. The van der Waals surface area contributed by atoms with Crippen molar-refractivity contribution in [1.82, 2.24) is 15.1 Å². The van der Waals surface area contributed by atoms with Gasteiger partial charge in [0, 0.05) is 30.9 Å². The fraction of sp³-hybridized carbons (Fsp3) is 0.238. The quantitative estimate of drug-likeness (QED) is 0.731. The van der Waals surface area contributed by atoms with Gasteiger partial charge in [-0.15, -0.1) is 0 Å². The molecule has 1 aromatic heterocycles. The predicted octanol–water partition coefficient (Wildman–Crippen LogP) is 2.89. The maximum atomic E-state index is 12.4. The first-order valence-electron chi connectivity index (χ1n) is 9.01. The summed E-state index contributed by atoms with van der Waals surface area (Å²) in [5, 5.41) is 7.15. The summed E-state index contributed by atoms with van der Waals surface area (Å²) in [5.41, 5.74) is 1.68. The van der Waals surface area contributed by atoms with E-state index in [-0.39, 0.29) is 12.0 Å². The Morgan fingerprint density at radius 2 is 2.04 bits per heavy atom. The van der Waals surface area contributed by atoms with Crippen LogP contribution in [0.5, 0.6) is 11.5 Å². The zero-order valence-corrected chi connectivity index (χ0v) is 14.9. The van der Waals surface area contributed by atoms with Crippen molar-refractivity contribution in [2.75, 3.05) is 13.2 Å². The van der Waals surface area contributed by atoms with Gasteiger partial charge in [0.1, 0.15) is 12.7 Å². The Kier molecular flexibility index (Phi) is 5.05. The first-order valence-corrected chi connectivity index (χ1v) is 9.01. The normalized spacial score (nSPS) is 15.3. The first kappa shape index (κ1) is 17.1.